The molecule has 0 atom stereocenters. The highest BCUT2D eigenvalue weighted by atomic mass is 16.1. The molecule has 1 aromatic heterocycles. The van der Waals surface area contributed by atoms with E-state index in [0.29, 0.717) is 17.3 Å². The van der Waals surface area contributed by atoms with Crippen LogP contribution in [0.4, 0.5) is 23.1 Å². The quantitative estimate of drug-likeness (QED) is 0.660. The lowest BCUT2D eigenvalue weighted by Crippen LogP contribution is -2.03. The van der Waals surface area contributed by atoms with E-state index in [1.807, 2.05) is 30.3 Å². The lowest BCUT2D eigenvalue weighted by atomic mass is 10.1. The van der Waals surface area contributed by atoms with Crippen LogP contribution in [-0.4, -0.2) is 21.0 Å². The standard InChI is InChI=1S/C19H19N5O/c1-3-14-6-4-5-7-17(14)22-18-12-20-24-19(23-18)21-16-10-8-15(9-11-16)13(2)25/h4-12H,3H2,1-2H3,(H2,21,22,23,24). The van der Waals surface area contributed by atoms with Crippen LogP contribution in [0.15, 0.2) is 54.7 Å². The summed E-state index contributed by atoms with van der Waals surface area (Å²) < 4.78 is 0. The third-order valence-electron chi connectivity index (χ3n) is 3.77. The maximum Gasteiger partial charge on any atom is 0.249 e. The van der Waals surface area contributed by atoms with Gasteiger partial charge in [-0.1, -0.05) is 25.1 Å². The average Bonchev–Trinajstić information content (AvgIpc) is 2.63. The van der Waals surface area contributed by atoms with E-state index in [2.05, 4.69) is 38.8 Å². The summed E-state index contributed by atoms with van der Waals surface area (Å²) in [6, 6.07) is 15.2. The predicted molar refractivity (Wildman–Crippen MR) is 98.7 cm³/mol. The van der Waals surface area contributed by atoms with Gasteiger partial charge in [0.2, 0.25) is 5.95 Å². The first-order chi connectivity index (χ1) is 12.2. The minimum absolute atomic E-state index is 0.0326. The average molecular weight is 333 g/mol. The first kappa shape index (κ1) is 16.6. The second-order valence-electron chi connectivity index (χ2n) is 5.56. The number of nitrogens with zero attached hydrogens (tertiary/aromatic N) is 3. The number of nitrogens with one attached hydrogen (secondary N) is 2. The number of ketones is 1. The van der Waals surface area contributed by atoms with Crippen LogP contribution < -0.4 is 10.6 Å². The zero-order chi connectivity index (χ0) is 17.6. The molecule has 0 radical (unpaired) electrons. The fourth-order valence-corrected chi connectivity index (χ4v) is 2.42. The van der Waals surface area contributed by atoms with Crippen LogP contribution in [0.5, 0.6) is 0 Å². The number of Topliss-reactive ketones (excluding diaryl/α,β-unsaturated/α-hetero) is 1. The Labute approximate surface area is 146 Å². The number of carbonyl (C=O) groups is 1. The number of hydrogen-bond donors (Lipinski definition) is 2. The SMILES string of the molecule is CCc1ccccc1Nc1cnnc(Nc2ccc(C(C)=O)cc2)n1. The summed E-state index contributed by atoms with van der Waals surface area (Å²) in [5.74, 6) is 1.03. The Morgan fingerprint density at radius 3 is 2.52 bits per heavy atom. The number of hydrogen-bond acceptors (Lipinski definition) is 6. The molecule has 0 aliphatic carbocycles. The molecular formula is C19H19N5O. The van der Waals surface area contributed by atoms with Crippen LogP contribution in [0.1, 0.15) is 29.8 Å². The summed E-state index contributed by atoms with van der Waals surface area (Å²) in [5.41, 5.74) is 3.66. The lowest BCUT2D eigenvalue weighted by Gasteiger charge is -2.10. The zero-order valence-corrected chi connectivity index (χ0v) is 14.2. The smallest absolute Gasteiger partial charge is 0.249 e. The van der Waals surface area contributed by atoms with Gasteiger partial charge in [-0.15, -0.1) is 5.10 Å². The molecule has 0 bridgehead atoms. The molecule has 2 aromatic carbocycles. The molecule has 0 unspecified atom stereocenters. The van der Waals surface area contributed by atoms with E-state index < -0.39 is 0 Å². The fourth-order valence-electron chi connectivity index (χ4n) is 2.42. The Morgan fingerprint density at radius 1 is 1.04 bits per heavy atom. The third kappa shape index (κ3) is 4.17. The summed E-state index contributed by atoms with van der Waals surface area (Å²) in [7, 11) is 0. The van der Waals surface area contributed by atoms with Gasteiger partial charge in [0.15, 0.2) is 11.6 Å². The van der Waals surface area contributed by atoms with E-state index in [-0.39, 0.29) is 5.78 Å². The van der Waals surface area contributed by atoms with Gasteiger partial charge < -0.3 is 10.6 Å². The number of rotatable bonds is 6. The van der Waals surface area contributed by atoms with Crippen LogP contribution in [-0.2, 0) is 6.42 Å². The number of carbonyl (C=O) groups excluding carboxylic acids is 1. The van der Waals surface area contributed by atoms with Crippen molar-refractivity contribution in [2.75, 3.05) is 10.6 Å². The summed E-state index contributed by atoms with van der Waals surface area (Å²) in [5, 5.41) is 14.3. The molecule has 3 aromatic rings. The van der Waals surface area contributed by atoms with E-state index in [0.717, 1.165) is 17.8 Å². The predicted octanol–water partition coefficient (Wildman–Crippen LogP) is 4.12. The van der Waals surface area contributed by atoms with Gasteiger partial charge in [-0.25, -0.2) is 0 Å². The molecule has 0 aliphatic rings. The zero-order valence-electron chi connectivity index (χ0n) is 14.2. The minimum Gasteiger partial charge on any atom is -0.339 e. The fraction of sp³-hybridized carbons (Fsp3) is 0.158. The van der Waals surface area contributed by atoms with Crippen molar-refractivity contribution in [2.45, 2.75) is 20.3 Å². The third-order valence-corrected chi connectivity index (χ3v) is 3.77. The van der Waals surface area contributed by atoms with Crippen LogP contribution in [0.25, 0.3) is 0 Å². The van der Waals surface area contributed by atoms with Crippen molar-refractivity contribution < 1.29 is 4.79 Å². The van der Waals surface area contributed by atoms with E-state index in [9.17, 15) is 4.79 Å². The first-order valence-corrected chi connectivity index (χ1v) is 8.08. The van der Waals surface area contributed by atoms with Crippen molar-refractivity contribution in [1.82, 2.24) is 15.2 Å². The van der Waals surface area contributed by atoms with Gasteiger partial charge in [-0.05, 0) is 49.2 Å². The van der Waals surface area contributed by atoms with Gasteiger partial charge >= 0.3 is 0 Å². The second-order valence-corrected chi connectivity index (χ2v) is 5.56. The van der Waals surface area contributed by atoms with Crippen molar-refractivity contribution in [2.24, 2.45) is 0 Å². The molecule has 0 saturated carbocycles. The summed E-state index contributed by atoms with van der Waals surface area (Å²) in [6.45, 7) is 3.65. The summed E-state index contributed by atoms with van der Waals surface area (Å²) in [4.78, 5) is 15.8. The topological polar surface area (TPSA) is 79.8 Å². The molecule has 0 fully saturated rings. The van der Waals surface area contributed by atoms with E-state index in [1.54, 1.807) is 25.3 Å². The monoisotopic (exact) mass is 333 g/mol. The lowest BCUT2D eigenvalue weighted by molar-refractivity contribution is 0.101. The Morgan fingerprint density at radius 2 is 1.80 bits per heavy atom. The highest BCUT2D eigenvalue weighted by molar-refractivity contribution is 5.94. The van der Waals surface area contributed by atoms with Crippen molar-refractivity contribution in [3.05, 3.63) is 65.9 Å². The van der Waals surface area contributed by atoms with E-state index in [4.69, 9.17) is 0 Å². The molecule has 6 nitrogen and oxygen atoms in total. The molecule has 2 N–H and O–H groups in total. The molecule has 1 heterocycles. The molecule has 0 aliphatic heterocycles. The summed E-state index contributed by atoms with van der Waals surface area (Å²) in [6.07, 6.45) is 2.51. The second kappa shape index (κ2) is 7.53. The molecule has 0 amide bonds. The molecule has 0 spiro atoms. The van der Waals surface area contributed by atoms with Gasteiger partial charge in [-0.3, -0.25) is 4.79 Å². The Kier molecular flexibility index (Phi) is 4.99. The minimum atomic E-state index is 0.0326. The highest BCUT2D eigenvalue weighted by Crippen LogP contribution is 2.21. The number of benzene rings is 2. The Hall–Kier alpha value is -3.28. The molecule has 6 heteroatoms. The van der Waals surface area contributed by atoms with Crippen molar-refractivity contribution in [1.29, 1.82) is 0 Å². The van der Waals surface area contributed by atoms with Gasteiger partial charge in [0.1, 0.15) is 0 Å². The Bertz CT molecular complexity index is 877. The van der Waals surface area contributed by atoms with E-state index in [1.165, 1.54) is 5.56 Å². The largest absolute Gasteiger partial charge is 0.339 e. The normalized spacial score (nSPS) is 10.3. The number of para-hydroxylation sites is 1. The van der Waals surface area contributed by atoms with Crippen LogP contribution in [0.2, 0.25) is 0 Å². The molecule has 3 rings (SSSR count). The number of aryl methyl sites for hydroxylation is 1. The molecule has 0 saturated heterocycles. The highest BCUT2D eigenvalue weighted by Gasteiger charge is 2.05. The van der Waals surface area contributed by atoms with Crippen molar-refractivity contribution in [3.63, 3.8) is 0 Å². The van der Waals surface area contributed by atoms with Crippen molar-refractivity contribution in [3.8, 4) is 0 Å². The van der Waals surface area contributed by atoms with Gasteiger partial charge in [0.25, 0.3) is 0 Å². The van der Waals surface area contributed by atoms with Crippen LogP contribution in [0, 0.1) is 0 Å². The number of aromatic nitrogens is 3. The van der Waals surface area contributed by atoms with Gasteiger partial charge in [-0.2, -0.15) is 10.1 Å². The van der Waals surface area contributed by atoms with Gasteiger partial charge in [0.05, 0.1) is 6.20 Å². The molecule has 126 valence electrons. The first-order valence-electron chi connectivity index (χ1n) is 8.08. The van der Waals surface area contributed by atoms with Crippen LogP contribution in [0.3, 0.4) is 0 Å². The van der Waals surface area contributed by atoms with Crippen LogP contribution >= 0.6 is 0 Å². The summed E-state index contributed by atoms with van der Waals surface area (Å²) >= 11 is 0. The molecule has 25 heavy (non-hydrogen) atoms. The molecular weight excluding hydrogens is 314 g/mol. The maximum atomic E-state index is 11.3. The van der Waals surface area contributed by atoms with E-state index >= 15 is 0 Å². The van der Waals surface area contributed by atoms with Crippen molar-refractivity contribution >= 4 is 28.9 Å². The Balaban J connectivity index is 1.76. The van der Waals surface area contributed by atoms with Gasteiger partial charge in [0, 0.05) is 16.9 Å². The maximum absolute atomic E-state index is 11.3. The number of anilines is 4.